The van der Waals surface area contributed by atoms with Crippen molar-refractivity contribution in [3.63, 3.8) is 0 Å². The lowest BCUT2D eigenvalue weighted by atomic mass is 10.00. The summed E-state index contributed by atoms with van der Waals surface area (Å²) in [6.45, 7) is 1.59. The smallest absolute Gasteiger partial charge is 0.217 e. The summed E-state index contributed by atoms with van der Waals surface area (Å²) in [6, 6.07) is 11.6. The van der Waals surface area contributed by atoms with Gasteiger partial charge in [-0.3, -0.25) is 9.79 Å². The van der Waals surface area contributed by atoms with Gasteiger partial charge in [0.25, 0.3) is 0 Å². The van der Waals surface area contributed by atoms with E-state index in [9.17, 15) is 9.18 Å². The van der Waals surface area contributed by atoms with Crippen LogP contribution in [0.5, 0.6) is 0 Å². The molecule has 0 aliphatic carbocycles. The molecule has 0 saturated carbocycles. The number of hydrogen-bond acceptors (Lipinski definition) is 4. The minimum Gasteiger partial charge on any atom is -0.291 e. The zero-order valence-corrected chi connectivity index (χ0v) is 14.0. The number of carbonyl (C=O) groups is 1. The number of ketones is 1. The first-order valence-corrected chi connectivity index (χ1v) is 7.99. The standard InChI is InChI=1S/C18H12ClFN4O/c1-10(25)18-22-16-9-21-17(12-4-2-3-5-14(12)20)13-8-11(19)6-7-15(13)24(16)23-18/h2-8H,9H2,1H3. The van der Waals surface area contributed by atoms with E-state index in [1.807, 2.05) is 0 Å². The second-order valence-corrected chi connectivity index (χ2v) is 6.06. The van der Waals surface area contributed by atoms with Crippen LogP contribution in [0.3, 0.4) is 0 Å². The molecular weight excluding hydrogens is 343 g/mol. The van der Waals surface area contributed by atoms with Gasteiger partial charge in [0.05, 0.1) is 17.9 Å². The number of nitrogens with zero attached hydrogens (tertiary/aromatic N) is 4. The minimum absolute atomic E-state index is 0.125. The van der Waals surface area contributed by atoms with Gasteiger partial charge in [0.15, 0.2) is 11.6 Å². The average molecular weight is 355 g/mol. The monoisotopic (exact) mass is 354 g/mol. The van der Waals surface area contributed by atoms with Crippen LogP contribution < -0.4 is 0 Å². The van der Waals surface area contributed by atoms with Gasteiger partial charge in [0, 0.05) is 23.1 Å². The van der Waals surface area contributed by atoms with Gasteiger partial charge in [-0.05, 0) is 30.3 Å². The van der Waals surface area contributed by atoms with Gasteiger partial charge < -0.3 is 0 Å². The third kappa shape index (κ3) is 2.64. The number of aliphatic imine (C=N–C) groups is 1. The SMILES string of the molecule is CC(=O)c1nc2n(n1)-c1ccc(Cl)cc1C(c1ccccc1F)=NC2. The molecule has 0 N–H and O–H groups in total. The number of halogens is 2. The first-order valence-electron chi connectivity index (χ1n) is 7.61. The van der Waals surface area contributed by atoms with E-state index in [4.69, 9.17) is 11.6 Å². The van der Waals surface area contributed by atoms with Crippen molar-refractivity contribution in [2.75, 3.05) is 0 Å². The number of aromatic nitrogens is 3. The van der Waals surface area contributed by atoms with Crippen molar-refractivity contribution in [3.8, 4) is 5.69 Å². The van der Waals surface area contributed by atoms with Crippen molar-refractivity contribution in [2.24, 2.45) is 4.99 Å². The molecule has 1 aliphatic rings. The van der Waals surface area contributed by atoms with Crippen LogP contribution in [-0.2, 0) is 6.54 Å². The third-order valence-electron chi connectivity index (χ3n) is 3.94. The van der Waals surface area contributed by atoms with Crippen LogP contribution in [-0.4, -0.2) is 26.3 Å². The lowest BCUT2D eigenvalue weighted by Crippen LogP contribution is -2.10. The normalized spacial score (nSPS) is 12.8. The van der Waals surface area contributed by atoms with Crippen molar-refractivity contribution in [3.05, 3.63) is 76.1 Å². The Hall–Kier alpha value is -2.86. The molecule has 3 aromatic rings. The van der Waals surface area contributed by atoms with E-state index in [0.29, 0.717) is 33.4 Å². The number of fused-ring (bicyclic) bond motifs is 3. The van der Waals surface area contributed by atoms with E-state index in [1.54, 1.807) is 41.1 Å². The average Bonchev–Trinajstić information content (AvgIpc) is 2.95. The largest absolute Gasteiger partial charge is 0.291 e. The Morgan fingerprint density at radius 3 is 2.76 bits per heavy atom. The summed E-state index contributed by atoms with van der Waals surface area (Å²) in [6.07, 6.45) is 0. The second-order valence-electron chi connectivity index (χ2n) is 5.63. The molecule has 124 valence electrons. The quantitative estimate of drug-likeness (QED) is 0.660. The highest BCUT2D eigenvalue weighted by molar-refractivity contribution is 6.31. The van der Waals surface area contributed by atoms with Crippen LogP contribution in [0, 0.1) is 5.82 Å². The molecule has 0 unspecified atom stereocenters. The zero-order valence-electron chi connectivity index (χ0n) is 13.2. The van der Waals surface area contributed by atoms with Crippen LogP contribution >= 0.6 is 11.6 Å². The highest BCUT2D eigenvalue weighted by Crippen LogP contribution is 2.27. The zero-order chi connectivity index (χ0) is 17.6. The Morgan fingerprint density at radius 2 is 2.00 bits per heavy atom. The predicted octanol–water partition coefficient (Wildman–Crippen LogP) is 3.61. The maximum Gasteiger partial charge on any atom is 0.217 e. The summed E-state index contributed by atoms with van der Waals surface area (Å²) >= 11 is 6.16. The molecule has 0 radical (unpaired) electrons. The van der Waals surface area contributed by atoms with Crippen molar-refractivity contribution >= 4 is 23.1 Å². The summed E-state index contributed by atoms with van der Waals surface area (Å²) in [5, 5.41) is 4.78. The molecule has 5 nitrogen and oxygen atoms in total. The molecule has 2 heterocycles. The minimum atomic E-state index is -0.371. The van der Waals surface area contributed by atoms with Crippen LogP contribution in [0.4, 0.5) is 4.39 Å². The lowest BCUT2D eigenvalue weighted by molar-refractivity contribution is 0.100. The van der Waals surface area contributed by atoms with Crippen molar-refractivity contribution in [2.45, 2.75) is 13.5 Å². The molecule has 0 spiro atoms. The Balaban J connectivity index is 1.98. The summed E-state index contributed by atoms with van der Waals surface area (Å²) in [7, 11) is 0. The van der Waals surface area contributed by atoms with E-state index >= 15 is 0 Å². The first-order chi connectivity index (χ1) is 12.0. The molecule has 25 heavy (non-hydrogen) atoms. The summed E-state index contributed by atoms with van der Waals surface area (Å²) in [5.74, 6) is 0.0408. The predicted molar refractivity (Wildman–Crippen MR) is 92.1 cm³/mol. The highest BCUT2D eigenvalue weighted by Gasteiger charge is 2.24. The fourth-order valence-electron chi connectivity index (χ4n) is 2.79. The molecule has 2 aromatic carbocycles. The maximum atomic E-state index is 14.3. The van der Waals surface area contributed by atoms with Crippen LogP contribution in [0.2, 0.25) is 5.02 Å². The van der Waals surface area contributed by atoms with Gasteiger partial charge >= 0.3 is 0 Å². The molecular formula is C18H12ClFN4O. The molecule has 4 rings (SSSR count). The molecule has 1 aromatic heterocycles. The van der Waals surface area contributed by atoms with Crippen molar-refractivity contribution in [1.82, 2.24) is 14.8 Å². The van der Waals surface area contributed by atoms with E-state index < -0.39 is 0 Å². The topological polar surface area (TPSA) is 60.1 Å². The van der Waals surface area contributed by atoms with E-state index in [2.05, 4.69) is 15.1 Å². The Bertz CT molecular complexity index is 1040. The number of hydrogen-bond donors (Lipinski definition) is 0. The van der Waals surface area contributed by atoms with E-state index in [1.165, 1.54) is 13.0 Å². The van der Waals surface area contributed by atoms with Gasteiger partial charge in [0.1, 0.15) is 5.82 Å². The number of carbonyl (C=O) groups excluding carboxylic acids is 1. The van der Waals surface area contributed by atoms with E-state index in [-0.39, 0.29) is 24.0 Å². The Labute approximate surface area is 147 Å². The maximum absolute atomic E-state index is 14.3. The molecule has 0 atom stereocenters. The Kier molecular flexibility index (Phi) is 3.69. The van der Waals surface area contributed by atoms with Gasteiger partial charge in [0.2, 0.25) is 5.82 Å². The molecule has 1 aliphatic heterocycles. The number of rotatable bonds is 2. The van der Waals surface area contributed by atoms with Crippen LogP contribution in [0.15, 0.2) is 47.5 Å². The van der Waals surface area contributed by atoms with Crippen LogP contribution in [0.1, 0.15) is 34.5 Å². The highest BCUT2D eigenvalue weighted by atomic mass is 35.5. The third-order valence-corrected chi connectivity index (χ3v) is 4.17. The summed E-state index contributed by atoms with van der Waals surface area (Å²) < 4.78 is 15.9. The molecule has 0 amide bonds. The lowest BCUT2D eigenvalue weighted by Gasteiger charge is -2.11. The number of benzene rings is 2. The molecule has 0 fully saturated rings. The van der Waals surface area contributed by atoms with Crippen molar-refractivity contribution < 1.29 is 9.18 Å². The van der Waals surface area contributed by atoms with Gasteiger partial charge in [-0.15, -0.1) is 5.10 Å². The van der Waals surface area contributed by atoms with Crippen LogP contribution in [0.25, 0.3) is 5.69 Å². The van der Waals surface area contributed by atoms with Gasteiger partial charge in [-0.1, -0.05) is 23.7 Å². The van der Waals surface area contributed by atoms with Gasteiger partial charge in [-0.25, -0.2) is 14.1 Å². The Morgan fingerprint density at radius 1 is 1.20 bits per heavy atom. The number of Topliss-reactive ketones (excluding diaryl/α,β-unsaturated/α-hetero) is 1. The molecule has 0 bridgehead atoms. The summed E-state index contributed by atoms with van der Waals surface area (Å²) in [5.41, 5.74) is 2.14. The van der Waals surface area contributed by atoms with E-state index in [0.717, 1.165) is 0 Å². The fraction of sp³-hybridized carbons (Fsp3) is 0.111. The van der Waals surface area contributed by atoms with Crippen molar-refractivity contribution in [1.29, 1.82) is 0 Å². The first kappa shape index (κ1) is 15.7. The van der Waals surface area contributed by atoms with Gasteiger partial charge in [-0.2, -0.15) is 0 Å². The summed E-state index contributed by atoms with van der Waals surface area (Å²) in [4.78, 5) is 20.4. The fourth-order valence-corrected chi connectivity index (χ4v) is 2.96. The molecule has 7 heteroatoms. The second kappa shape index (κ2) is 5.89. The molecule has 0 saturated heterocycles.